The molecule has 1 saturated heterocycles. The monoisotopic (exact) mass is 267 g/mol. The van der Waals surface area contributed by atoms with Crippen molar-refractivity contribution in [3.8, 4) is 0 Å². The lowest BCUT2D eigenvalue weighted by Gasteiger charge is -2.31. The number of alkyl halides is 3. The first-order chi connectivity index (χ1) is 8.40. The van der Waals surface area contributed by atoms with E-state index in [-0.39, 0.29) is 18.5 Å². The first kappa shape index (κ1) is 15.2. The van der Waals surface area contributed by atoms with Gasteiger partial charge >= 0.3 is 6.18 Å². The smallest absolute Gasteiger partial charge is 0.352 e. The Morgan fingerprint density at radius 3 is 2.44 bits per heavy atom. The second kappa shape index (κ2) is 6.94. The van der Waals surface area contributed by atoms with E-state index in [4.69, 9.17) is 0 Å². The molecule has 1 rings (SSSR count). The van der Waals surface area contributed by atoms with Crippen LogP contribution in [-0.4, -0.2) is 55.7 Å². The van der Waals surface area contributed by atoms with E-state index in [0.29, 0.717) is 0 Å². The third-order valence-electron chi connectivity index (χ3n) is 3.01. The average Bonchev–Trinajstić information content (AvgIpc) is 2.28. The van der Waals surface area contributed by atoms with Gasteiger partial charge < -0.3 is 15.5 Å². The predicted octanol–water partition coefficient (Wildman–Crippen LogP) is 0.739. The maximum atomic E-state index is 11.8. The highest BCUT2D eigenvalue weighted by Crippen LogP contribution is 2.12. The molecule has 0 radical (unpaired) electrons. The van der Waals surface area contributed by atoms with Gasteiger partial charge in [-0.05, 0) is 19.4 Å². The molecule has 1 heterocycles. The van der Waals surface area contributed by atoms with Crippen LogP contribution < -0.4 is 10.6 Å². The van der Waals surface area contributed by atoms with Crippen molar-refractivity contribution in [1.29, 1.82) is 0 Å². The maximum absolute atomic E-state index is 11.8. The minimum atomic E-state index is -4.27. The van der Waals surface area contributed by atoms with Crippen molar-refractivity contribution in [1.82, 2.24) is 15.5 Å². The molecule has 0 aromatic carbocycles. The lowest BCUT2D eigenvalue weighted by Crippen LogP contribution is -2.47. The molecule has 0 bridgehead atoms. The number of likely N-dealkylation sites (tertiary alicyclic amines) is 1. The van der Waals surface area contributed by atoms with Gasteiger partial charge in [-0.3, -0.25) is 4.79 Å². The van der Waals surface area contributed by atoms with Crippen LogP contribution in [0, 0.1) is 0 Å². The summed E-state index contributed by atoms with van der Waals surface area (Å²) >= 11 is 0. The van der Waals surface area contributed by atoms with E-state index < -0.39 is 12.7 Å². The summed E-state index contributed by atoms with van der Waals surface area (Å²) in [4.78, 5) is 13.7. The number of hydrogen-bond donors (Lipinski definition) is 2. The Morgan fingerprint density at radius 1 is 1.33 bits per heavy atom. The van der Waals surface area contributed by atoms with Crippen LogP contribution in [0.25, 0.3) is 0 Å². The van der Waals surface area contributed by atoms with Crippen LogP contribution in [0.4, 0.5) is 13.2 Å². The highest BCUT2D eigenvalue weighted by Gasteiger charge is 2.27. The largest absolute Gasteiger partial charge is 0.401 e. The lowest BCUT2D eigenvalue weighted by molar-refractivity contribution is -0.128. The number of nitrogens with one attached hydrogen (secondary N) is 2. The molecule has 106 valence electrons. The van der Waals surface area contributed by atoms with Crippen molar-refractivity contribution in [3.05, 3.63) is 0 Å². The Balaban J connectivity index is 2.13. The molecule has 1 aliphatic heterocycles. The molecule has 0 aromatic heterocycles. The highest BCUT2D eigenvalue weighted by molar-refractivity contribution is 5.78. The van der Waals surface area contributed by atoms with E-state index in [1.54, 1.807) is 0 Å². The summed E-state index contributed by atoms with van der Waals surface area (Å²) in [5.74, 6) is -0.366. The van der Waals surface area contributed by atoms with Crippen molar-refractivity contribution < 1.29 is 18.0 Å². The van der Waals surface area contributed by atoms with Crippen molar-refractivity contribution in [3.63, 3.8) is 0 Å². The number of amides is 1. The molecule has 0 aromatic rings. The summed E-state index contributed by atoms with van der Waals surface area (Å²) in [7, 11) is 0. The summed E-state index contributed by atoms with van der Waals surface area (Å²) in [6, 6.07) is 0.0907. The van der Waals surface area contributed by atoms with Crippen molar-refractivity contribution in [2.45, 2.75) is 32.0 Å². The normalized spacial score (nSPS) is 18.9. The zero-order valence-electron chi connectivity index (χ0n) is 10.5. The molecule has 2 N–H and O–H groups in total. The van der Waals surface area contributed by atoms with Gasteiger partial charge in [0.15, 0.2) is 0 Å². The van der Waals surface area contributed by atoms with Crippen LogP contribution >= 0.6 is 0 Å². The molecule has 0 atom stereocenters. The van der Waals surface area contributed by atoms with Gasteiger partial charge in [0.2, 0.25) is 5.91 Å². The van der Waals surface area contributed by atoms with E-state index in [1.165, 1.54) is 0 Å². The summed E-state index contributed by atoms with van der Waals surface area (Å²) in [6.45, 7) is 3.52. The summed E-state index contributed by atoms with van der Waals surface area (Å²) < 4.78 is 35.5. The molecular weight excluding hydrogens is 247 g/mol. The van der Waals surface area contributed by atoms with E-state index >= 15 is 0 Å². The Bertz CT molecular complexity index is 263. The Labute approximate surface area is 105 Å². The number of hydrogen-bond acceptors (Lipinski definition) is 3. The van der Waals surface area contributed by atoms with Gasteiger partial charge in [0, 0.05) is 19.1 Å². The van der Waals surface area contributed by atoms with Crippen LogP contribution in [0.3, 0.4) is 0 Å². The quantitative estimate of drug-likeness (QED) is 0.772. The fourth-order valence-corrected chi connectivity index (χ4v) is 1.99. The first-order valence-electron chi connectivity index (χ1n) is 6.20. The third kappa shape index (κ3) is 6.20. The Morgan fingerprint density at radius 2 is 1.94 bits per heavy atom. The molecule has 1 amide bonds. The molecule has 0 spiro atoms. The maximum Gasteiger partial charge on any atom is 0.401 e. The average molecular weight is 267 g/mol. The van der Waals surface area contributed by atoms with Gasteiger partial charge in [-0.1, -0.05) is 6.92 Å². The predicted molar refractivity (Wildman–Crippen MR) is 62.2 cm³/mol. The van der Waals surface area contributed by atoms with Crippen LogP contribution in [-0.2, 0) is 4.79 Å². The van der Waals surface area contributed by atoms with Crippen molar-refractivity contribution >= 4 is 5.91 Å². The Hall–Kier alpha value is -0.820. The van der Waals surface area contributed by atoms with Gasteiger partial charge in [0.1, 0.15) is 0 Å². The van der Waals surface area contributed by atoms with Crippen LogP contribution in [0.15, 0.2) is 0 Å². The first-order valence-corrected chi connectivity index (χ1v) is 6.20. The molecule has 4 nitrogen and oxygen atoms in total. The number of carbonyl (C=O) groups excluding carboxylic acids is 1. The molecule has 18 heavy (non-hydrogen) atoms. The summed E-state index contributed by atoms with van der Waals surface area (Å²) in [6.07, 6.45) is -2.55. The number of rotatable bonds is 5. The number of piperidine rings is 1. The number of halogens is 3. The minimum absolute atomic E-state index is 0.0907. The molecule has 0 saturated carbocycles. The number of nitrogens with zero attached hydrogens (tertiary/aromatic N) is 1. The third-order valence-corrected chi connectivity index (χ3v) is 3.01. The van der Waals surface area contributed by atoms with Crippen LogP contribution in [0.1, 0.15) is 19.8 Å². The zero-order valence-corrected chi connectivity index (χ0v) is 10.5. The van der Waals surface area contributed by atoms with Gasteiger partial charge in [-0.2, -0.15) is 13.2 Å². The second-order valence-electron chi connectivity index (χ2n) is 4.49. The molecule has 7 heteroatoms. The zero-order chi connectivity index (χ0) is 13.6. The number of carbonyl (C=O) groups is 1. The highest BCUT2D eigenvalue weighted by atomic mass is 19.4. The van der Waals surface area contributed by atoms with Gasteiger partial charge in [0.25, 0.3) is 0 Å². The van der Waals surface area contributed by atoms with E-state index in [2.05, 4.69) is 22.5 Å². The lowest BCUT2D eigenvalue weighted by atomic mass is 10.1. The molecule has 1 fully saturated rings. The van der Waals surface area contributed by atoms with E-state index in [1.807, 2.05) is 0 Å². The standard InChI is InChI=1S/C11H20F3N3O/c1-2-17-5-3-9(4-6-17)16-10(18)7-15-8-11(12,13)14/h9,15H,2-8H2,1H3,(H,16,18). The molecule has 1 aliphatic rings. The van der Waals surface area contributed by atoms with Gasteiger partial charge in [0.05, 0.1) is 13.1 Å². The van der Waals surface area contributed by atoms with Gasteiger partial charge in [-0.25, -0.2) is 0 Å². The molecule has 0 aliphatic carbocycles. The van der Waals surface area contributed by atoms with Crippen LogP contribution in [0.2, 0.25) is 0 Å². The summed E-state index contributed by atoms with van der Waals surface area (Å²) in [5, 5.41) is 4.84. The van der Waals surface area contributed by atoms with E-state index in [9.17, 15) is 18.0 Å². The van der Waals surface area contributed by atoms with Crippen molar-refractivity contribution in [2.75, 3.05) is 32.7 Å². The van der Waals surface area contributed by atoms with Crippen LogP contribution in [0.5, 0.6) is 0 Å². The second-order valence-corrected chi connectivity index (χ2v) is 4.49. The van der Waals surface area contributed by atoms with Gasteiger partial charge in [-0.15, -0.1) is 0 Å². The molecular formula is C11H20F3N3O. The van der Waals surface area contributed by atoms with Crippen molar-refractivity contribution in [2.24, 2.45) is 0 Å². The Kier molecular flexibility index (Phi) is 5.87. The SMILES string of the molecule is CCN1CCC(NC(=O)CNCC(F)(F)F)CC1. The fourth-order valence-electron chi connectivity index (χ4n) is 1.99. The van der Waals surface area contributed by atoms with E-state index in [0.717, 1.165) is 32.5 Å². The molecule has 0 unspecified atom stereocenters. The summed E-state index contributed by atoms with van der Waals surface area (Å²) in [5.41, 5.74) is 0. The minimum Gasteiger partial charge on any atom is -0.352 e. The fraction of sp³-hybridized carbons (Fsp3) is 0.909. The topological polar surface area (TPSA) is 44.4 Å².